The van der Waals surface area contributed by atoms with Crippen molar-refractivity contribution in [3.63, 3.8) is 0 Å². The zero-order chi connectivity index (χ0) is 14.1. The number of amides is 1. The first-order valence-electron chi connectivity index (χ1n) is 7.38. The number of nitrogens with zero attached hydrogens (tertiary/aromatic N) is 4. The number of hydrogen-bond donors (Lipinski definition) is 0. The molecule has 0 N–H and O–H groups in total. The van der Waals surface area contributed by atoms with Gasteiger partial charge in [-0.15, -0.1) is 5.10 Å². The molecule has 2 fully saturated rings. The minimum atomic E-state index is 0.113. The lowest BCUT2D eigenvalue weighted by atomic mass is 10.2. The van der Waals surface area contributed by atoms with Crippen molar-refractivity contribution in [2.24, 2.45) is 5.92 Å². The van der Waals surface area contributed by atoms with Crippen LogP contribution < -0.4 is 0 Å². The van der Waals surface area contributed by atoms with Crippen molar-refractivity contribution in [2.75, 3.05) is 25.1 Å². The number of carbonyl (C=O) groups excluding carboxylic acids is 1. The summed E-state index contributed by atoms with van der Waals surface area (Å²) in [4.78, 5) is 14.3. The molecule has 1 saturated carbocycles. The highest BCUT2D eigenvalue weighted by Gasteiger charge is 2.32. The molecule has 2 atom stereocenters. The van der Waals surface area contributed by atoms with Crippen molar-refractivity contribution in [3.8, 4) is 0 Å². The third-order valence-corrected chi connectivity index (χ3v) is 5.04. The predicted octanol–water partition coefficient (Wildman–Crippen LogP) is 1.93. The molecule has 2 heterocycles. The summed E-state index contributed by atoms with van der Waals surface area (Å²) in [6, 6.07) is 0.306. The maximum Gasteiger partial charge on any atom is 0.226 e. The van der Waals surface area contributed by atoms with Crippen LogP contribution in [0.25, 0.3) is 0 Å². The molecule has 110 valence electrons. The predicted molar refractivity (Wildman–Crippen MR) is 79.8 cm³/mol. The average Bonchev–Trinajstić information content (AvgIpc) is 3.00. The minimum absolute atomic E-state index is 0.113. The molecule has 1 aliphatic carbocycles. The molecule has 2 unspecified atom stereocenters. The van der Waals surface area contributed by atoms with E-state index in [0.717, 1.165) is 31.0 Å². The fraction of sp³-hybridized carbons (Fsp3) is 0.786. The van der Waals surface area contributed by atoms with E-state index in [0.29, 0.717) is 12.0 Å². The summed E-state index contributed by atoms with van der Waals surface area (Å²) in [5.74, 6) is 1.94. The molecule has 5 nitrogen and oxygen atoms in total. The molecule has 2 aliphatic rings. The quantitative estimate of drug-likeness (QED) is 0.832. The van der Waals surface area contributed by atoms with E-state index in [1.807, 2.05) is 22.8 Å². The normalized spacial score (nSPS) is 24.1. The Morgan fingerprint density at radius 3 is 3.00 bits per heavy atom. The van der Waals surface area contributed by atoms with Crippen LogP contribution in [0.5, 0.6) is 0 Å². The second-order valence-electron chi connectivity index (χ2n) is 5.98. The van der Waals surface area contributed by atoms with Crippen molar-refractivity contribution in [3.05, 3.63) is 11.9 Å². The maximum atomic E-state index is 12.3. The van der Waals surface area contributed by atoms with Gasteiger partial charge in [-0.1, -0.05) is 12.1 Å². The van der Waals surface area contributed by atoms with Crippen molar-refractivity contribution in [1.82, 2.24) is 19.9 Å². The summed E-state index contributed by atoms with van der Waals surface area (Å²) in [5, 5.41) is 8.52. The first-order valence-corrected chi connectivity index (χ1v) is 8.78. The van der Waals surface area contributed by atoms with Crippen molar-refractivity contribution in [2.45, 2.75) is 38.1 Å². The Morgan fingerprint density at radius 1 is 1.50 bits per heavy atom. The standard InChI is InChI=1S/C14H22N4OS/c1-10(9-20-2)14(19)17-6-5-12(7-17)18-8-13(15-16-18)11-3-4-11/h8,10-12H,3-7,9H2,1-2H3. The smallest absolute Gasteiger partial charge is 0.226 e. The van der Waals surface area contributed by atoms with E-state index in [1.165, 1.54) is 12.8 Å². The van der Waals surface area contributed by atoms with E-state index in [-0.39, 0.29) is 11.8 Å². The molecule has 6 heteroatoms. The van der Waals surface area contributed by atoms with E-state index in [9.17, 15) is 4.79 Å². The van der Waals surface area contributed by atoms with E-state index in [2.05, 4.69) is 16.5 Å². The largest absolute Gasteiger partial charge is 0.340 e. The Kier molecular flexibility index (Phi) is 4.01. The highest BCUT2D eigenvalue weighted by atomic mass is 32.2. The van der Waals surface area contributed by atoms with Crippen LogP contribution in [0.4, 0.5) is 0 Å². The van der Waals surface area contributed by atoms with Gasteiger partial charge in [-0.25, -0.2) is 4.68 Å². The summed E-state index contributed by atoms with van der Waals surface area (Å²) in [6.07, 6.45) is 7.62. The van der Waals surface area contributed by atoms with Crippen LogP contribution in [0.15, 0.2) is 6.20 Å². The van der Waals surface area contributed by atoms with E-state index >= 15 is 0 Å². The highest BCUT2D eigenvalue weighted by molar-refractivity contribution is 7.98. The van der Waals surface area contributed by atoms with Gasteiger partial charge in [0.15, 0.2) is 0 Å². The lowest BCUT2D eigenvalue weighted by Gasteiger charge is -2.20. The van der Waals surface area contributed by atoms with Gasteiger partial charge in [0.25, 0.3) is 0 Å². The van der Waals surface area contributed by atoms with Gasteiger partial charge in [0.2, 0.25) is 5.91 Å². The van der Waals surface area contributed by atoms with Crippen molar-refractivity contribution in [1.29, 1.82) is 0 Å². The molecule has 0 aromatic carbocycles. The summed E-state index contributed by atoms with van der Waals surface area (Å²) >= 11 is 1.73. The van der Waals surface area contributed by atoms with Gasteiger partial charge in [-0.2, -0.15) is 11.8 Å². The molecule has 1 aromatic rings. The fourth-order valence-corrected chi connectivity index (χ4v) is 3.47. The molecule has 3 rings (SSSR count). The Hall–Kier alpha value is -1.04. The van der Waals surface area contributed by atoms with Gasteiger partial charge < -0.3 is 4.90 Å². The van der Waals surface area contributed by atoms with Crippen LogP contribution in [-0.4, -0.2) is 50.9 Å². The third-order valence-electron chi connectivity index (χ3n) is 4.21. The topological polar surface area (TPSA) is 51.0 Å². The molecule has 0 bridgehead atoms. The molecule has 1 saturated heterocycles. The summed E-state index contributed by atoms with van der Waals surface area (Å²) in [7, 11) is 0. The van der Waals surface area contributed by atoms with Crippen LogP contribution in [0.3, 0.4) is 0 Å². The van der Waals surface area contributed by atoms with E-state index in [1.54, 1.807) is 11.8 Å². The Morgan fingerprint density at radius 2 is 2.30 bits per heavy atom. The zero-order valence-corrected chi connectivity index (χ0v) is 13.0. The number of carbonyl (C=O) groups is 1. The van der Waals surface area contributed by atoms with Gasteiger partial charge in [0, 0.05) is 36.9 Å². The Balaban J connectivity index is 1.59. The summed E-state index contributed by atoms with van der Waals surface area (Å²) in [6.45, 7) is 3.65. The molecule has 0 radical (unpaired) electrons. The molecule has 0 spiro atoms. The van der Waals surface area contributed by atoms with E-state index in [4.69, 9.17) is 0 Å². The van der Waals surface area contributed by atoms with Gasteiger partial charge in [-0.05, 0) is 25.5 Å². The Labute approximate surface area is 124 Å². The lowest BCUT2D eigenvalue weighted by molar-refractivity contribution is -0.133. The Bertz CT molecular complexity index is 485. The van der Waals surface area contributed by atoms with Gasteiger partial charge in [0.1, 0.15) is 0 Å². The fourth-order valence-electron chi connectivity index (χ4n) is 2.83. The summed E-state index contributed by atoms with van der Waals surface area (Å²) < 4.78 is 1.97. The zero-order valence-electron chi connectivity index (χ0n) is 12.2. The van der Waals surface area contributed by atoms with Crippen LogP contribution in [0.2, 0.25) is 0 Å². The molecule has 20 heavy (non-hydrogen) atoms. The number of thioether (sulfide) groups is 1. The molecule has 1 aromatic heterocycles. The maximum absolute atomic E-state index is 12.3. The molecular weight excluding hydrogens is 272 g/mol. The molecule has 1 amide bonds. The lowest BCUT2D eigenvalue weighted by Crippen LogP contribution is -2.34. The number of rotatable bonds is 5. The van der Waals surface area contributed by atoms with Crippen LogP contribution in [-0.2, 0) is 4.79 Å². The third kappa shape index (κ3) is 2.85. The molecular formula is C14H22N4OS. The van der Waals surface area contributed by atoms with Gasteiger partial charge >= 0.3 is 0 Å². The minimum Gasteiger partial charge on any atom is -0.340 e. The van der Waals surface area contributed by atoms with Crippen molar-refractivity contribution >= 4 is 17.7 Å². The van der Waals surface area contributed by atoms with Gasteiger partial charge in [0.05, 0.1) is 11.7 Å². The van der Waals surface area contributed by atoms with E-state index < -0.39 is 0 Å². The second-order valence-corrected chi connectivity index (χ2v) is 6.89. The van der Waals surface area contributed by atoms with Gasteiger partial charge in [-0.3, -0.25) is 4.79 Å². The average molecular weight is 294 g/mol. The first kappa shape index (κ1) is 13.9. The van der Waals surface area contributed by atoms with Crippen LogP contribution in [0, 0.1) is 5.92 Å². The first-order chi connectivity index (χ1) is 9.69. The number of aromatic nitrogens is 3. The SMILES string of the molecule is CSCC(C)C(=O)N1CCC(n2cc(C3CC3)nn2)C1. The highest BCUT2D eigenvalue weighted by Crippen LogP contribution is 2.39. The number of hydrogen-bond acceptors (Lipinski definition) is 4. The molecule has 1 aliphatic heterocycles. The van der Waals surface area contributed by atoms with Crippen LogP contribution >= 0.6 is 11.8 Å². The second kappa shape index (κ2) is 5.76. The number of likely N-dealkylation sites (tertiary alicyclic amines) is 1. The summed E-state index contributed by atoms with van der Waals surface area (Å²) in [5.41, 5.74) is 1.13. The van der Waals surface area contributed by atoms with Crippen molar-refractivity contribution < 1.29 is 4.79 Å². The van der Waals surface area contributed by atoms with Crippen LogP contribution in [0.1, 0.15) is 43.8 Å². The monoisotopic (exact) mass is 294 g/mol.